The normalized spacial score (nSPS) is 12.6. The highest BCUT2D eigenvalue weighted by Crippen LogP contribution is 2.34. The van der Waals surface area contributed by atoms with E-state index in [0.29, 0.717) is 30.9 Å². The number of rotatable bonds is 8. The Hall–Kier alpha value is -2.71. The number of benzene rings is 1. The summed E-state index contributed by atoms with van der Waals surface area (Å²) < 4.78 is 9.12. The standard InChI is InChI=1S/C21H23N5O2S/c1-3-28-13-7-12-25-19(27)17-9-4-5-10-18(17)26-20(25)23-24-21(26)29-15(2)16-8-6-11-22-14-16/h4-6,8-11,14-15H,3,7,12-13H2,1-2H3. The number of aryl methyl sites for hydroxylation is 1. The topological polar surface area (TPSA) is 74.3 Å². The summed E-state index contributed by atoms with van der Waals surface area (Å²) in [7, 11) is 0. The number of aromatic nitrogens is 5. The molecule has 1 aromatic carbocycles. The monoisotopic (exact) mass is 409 g/mol. The molecule has 0 amide bonds. The van der Waals surface area contributed by atoms with Crippen LogP contribution >= 0.6 is 11.8 Å². The molecule has 0 aliphatic heterocycles. The maximum absolute atomic E-state index is 13.1. The number of nitrogens with zero attached hydrogens (tertiary/aromatic N) is 5. The molecule has 3 heterocycles. The molecule has 150 valence electrons. The smallest absolute Gasteiger partial charge is 0.262 e. The molecule has 1 atom stereocenters. The van der Waals surface area contributed by atoms with E-state index in [1.54, 1.807) is 22.5 Å². The number of thioether (sulfide) groups is 1. The van der Waals surface area contributed by atoms with Crippen LogP contribution in [0.1, 0.15) is 31.1 Å². The van der Waals surface area contributed by atoms with Gasteiger partial charge in [-0.15, -0.1) is 10.2 Å². The van der Waals surface area contributed by atoms with Crippen LogP contribution in [0.4, 0.5) is 0 Å². The molecule has 3 aromatic heterocycles. The Morgan fingerprint density at radius 1 is 1.17 bits per heavy atom. The van der Waals surface area contributed by atoms with Crippen LogP contribution in [-0.4, -0.2) is 37.4 Å². The lowest BCUT2D eigenvalue weighted by atomic mass is 10.2. The van der Waals surface area contributed by atoms with Crippen molar-refractivity contribution >= 4 is 28.4 Å². The lowest BCUT2D eigenvalue weighted by molar-refractivity contribution is 0.141. The second-order valence-electron chi connectivity index (χ2n) is 6.69. The SMILES string of the molecule is CCOCCCn1c(=O)c2ccccc2n2c(SC(C)c3cccnc3)nnc12. The Morgan fingerprint density at radius 2 is 2.03 bits per heavy atom. The van der Waals surface area contributed by atoms with Crippen LogP contribution in [0.2, 0.25) is 0 Å². The molecular formula is C21H23N5O2S. The maximum Gasteiger partial charge on any atom is 0.262 e. The largest absolute Gasteiger partial charge is 0.382 e. The van der Waals surface area contributed by atoms with Crippen molar-refractivity contribution in [3.8, 4) is 0 Å². The van der Waals surface area contributed by atoms with Crippen molar-refractivity contribution in [3.05, 3.63) is 64.7 Å². The highest BCUT2D eigenvalue weighted by atomic mass is 32.2. The van der Waals surface area contributed by atoms with Gasteiger partial charge in [-0.3, -0.25) is 18.7 Å². The molecular weight excluding hydrogens is 386 g/mol. The van der Waals surface area contributed by atoms with Crippen LogP contribution in [0.5, 0.6) is 0 Å². The van der Waals surface area contributed by atoms with Gasteiger partial charge >= 0.3 is 0 Å². The second kappa shape index (κ2) is 8.75. The van der Waals surface area contributed by atoms with Crippen molar-refractivity contribution in [3.63, 3.8) is 0 Å². The van der Waals surface area contributed by atoms with Crippen LogP contribution in [0.3, 0.4) is 0 Å². The van der Waals surface area contributed by atoms with Crippen molar-refractivity contribution in [2.24, 2.45) is 0 Å². The third-order valence-corrected chi connectivity index (χ3v) is 5.89. The van der Waals surface area contributed by atoms with Crippen LogP contribution in [0.25, 0.3) is 16.7 Å². The van der Waals surface area contributed by atoms with E-state index in [2.05, 4.69) is 28.2 Å². The summed E-state index contributed by atoms with van der Waals surface area (Å²) in [6.07, 6.45) is 4.37. The zero-order chi connectivity index (χ0) is 20.2. The fourth-order valence-corrected chi connectivity index (χ4v) is 4.29. The molecule has 29 heavy (non-hydrogen) atoms. The van der Waals surface area contributed by atoms with Gasteiger partial charge < -0.3 is 4.74 Å². The molecule has 0 aliphatic carbocycles. The molecule has 0 saturated heterocycles. The van der Waals surface area contributed by atoms with E-state index in [1.165, 1.54) is 0 Å². The molecule has 1 unspecified atom stereocenters. The van der Waals surface area contributed by atoms with Gasteiger partial charge in [-0.25, -0.2) is 0 Å². The average molecular weight is 410 g/mol. The highest BCUT2D eigenvalue weighted by molar-refractivity contribution is 7.99. The Balaban J connectivity index is 1.79. The first-order valence-electron chi connectivity index (χ1n) is 9.71. The zero-order valence-corrected chi connectivity index (χ0v) is 17.3. The van der Waals surface area contributed by atoms with E-state index in [0.717, 1.165) is 22.7 Å². The van der Waals surface area contributed by atoms with E-state index < -0.39 is 0 Å². The predicted molar refractivity (Wildman–Crippen MR) is 114 cm³/mol. The summed E-state index contributed by atoms with van der Waals surface area (Å²) >= 11 is 1.60. The number of ether oxygens (including phenoxy) is 1. The molecule has 0 fully saturated rings. The molecule has 0 N–H and O–H groups in total. The third-order valence-electron chi connectivity index (χ3n) is 4.79. The third kappa shape index (κ3) is 3.90. The van der Waals surface area contributed by atoms with Gasteiger partial charge in [0.1, 0.15) is 0 Å². The number of hydrogen-bond acceptors (Lipinski definition) is 6. The van der Waals surface area contributed by atoms with Gasteiger partial charge in [-0.2, -0.15) is 0 Å². The lowest BCUT2D eigenvalue weighted by Gasteiger charge is -2.13. The van der Waals surface area contributed by atoms with Crippen molar-refractivity contribution in [2.45, 2.75) is 37.2 Å². The van der Waals surface area contributed by atoms with Crippen LogP contribution in [-0.2, 0) is 11.3 Å². The summed E-state index contributed by atoms with van der Waals surface area (Å²) in [6, 6.07) is 11.6. The first-order valence-corrected chi connectivity index (χ1v) is 10.6. The maximum atomic E-state index is 13.1. The van der Waals surface area contributed by atoms with Gasteiger partial charge in [0.2, 0.25) is 5.78 Å². The number of hydrogen-bond donors (Lipinski definition) is 0. The van der Waals surface area contributed by atoms with Crippen molar-refractivity contribution in [2.75, 3.05) is 13.2 Å². The van der Waals surface area contributed by atoms with Crippen molar-refractivity contribution in [1.29, 1.82) is 0 Å². The fourth-order valence-electron chi connectivity index (χ4n) is 3.32. The lowest BCUT2D eigenvalue weighted by Crippen LogP contribution is -2.24. The number of fused-ring (bicyclic) bond motifs is 3. The van der Waals surface area contributed by atoms with Gasteiger partial charge in [-0.1, -0.05) is 30.0 Å². The first-order chi connectivity index (χ1) is 14.2. The summed E-state index contributed by atoms with van der Waals surface area (Å²) in [5.41, 5.74) is 1.89. The summed E-state index contributed by atoms with van der Waals surface area (Å²) in [5.74, 6) is 0.561. The van der Waals surface area contributed by atoms with Crippen LogP contribution in [0, 0.1) is 0 Å². The first kappa shape index (κ1) is 19.6. The molecule has 8 heteroatoms. The van der Waals surface area contributed by atoms with Crippen molar-refractivity contribution < 1.29 is 4.74 Å². The molecule has 4 rings (SSSR count). The Morgan fingerprint density at radius 3 is 2.83 bits per heavy atom. The molecule has 0 spiro atoms. The number of pyridine rings is 1. The molecule has 7 nitrogen and oxygen atoms in total. The molecule has 0 radical (unpaired) electrons. The molecule has 0 aliphatic rings. The minimum Gasteiger partial charge on any atom is -0.382 e. The van der Waals surface area contributed by atoms with Gasteiger partial charge in [-0.05, 0) is 44.0 Å². The van der Waals surface area contributed by atoms with E-state index in [-0.39, 0.29) is 10.8 Å². The van der Waals surface area contributed by atoms with E-state index in [1.807, 2.05) is 47.9 Å². The van der Waals surface area contributed by atoms with Gasteiger partial charge in [0.15, 0.2) is 5.16 Å². The van der Waals surface area contributed by atoms with E-state index >= 15 is 0 Å². The summed E-state index contributed by atoms with van der Waals surface area (Å²) in [4.78, 5) is 17.3. The second-order valence-corrected chi connectivity index (χ2v) is 8.00. The minimum absolute atomic E-state index is 0.0474. The van der Waals surface area contributed by atoms with E-state index in [4.69, 9.17) is 4.74 Å². The van der Waals surface area contributed by atoms with Gasteiger partial charge in [0, 0.05) is 37.4 Å². The zero-order valence-electron chi connectivity index (χ0n) is 16.5. The average Bonchev–Trinajstić information content (AvgIpc) is 3.17. The summed E-state index contributed by atoms with van der Waals surface area (Å²) in [6.45, 7) is 5.89. The molecule has 0 bridgehead atoms. The van der Waals surface area contributed by atoms with Crippen LogP contribution < -0.4 is 5.56 Å². The Bertz CT molecular complexity index is 1170. The Kier molecular flexibility index (Phi) is 5.92. The quantitative estimate of drug-likeness (QED) is 0.326. The minimum atomic E-state index is -0.0474. The molecule has 4 aromatic rings. The fraction of sp³-hybridized carbons (Fsp3) is 0.333. The number of para-hydroxylation sites is 1. The molecule has 0 saturated carbocycles. The van der Waals surface area contributed by atoms with Gasteiger partial charge in [0.25, 0.3) is 5.56 Å². The van der Waals surface area contributed by atoms with Crippen LogP contribution in [0.15, 0.2) is 58.7 Å². The highest BCUT2D eigenvalue weighted by Gasteiger charge is 2.19. The van der Waals surface area contributed by atoms with Crippen molar-refractivity contribution in [1.82, 2.24) is 24.1 Å². The van der Waals surface area contributed by atoms with E-state index in [9.17, 15) is 4.79 Å². The summed E-state index contributed by atoms with van der Waals surface area (Å²) in [5, 5.41) is 10.4. The Labute approximate surface area is 172 Å². The van der Waals surface area contributed by atoms with Gasteiger partial charge in [0.05, 0.1) is 10.9 Å². The predicted octanol–water partition coefficient (Wildman–Crippen LogP) is 3.72.